The van der Waals surface area contributed by atoms with Gasteiger partial charge in [0.05, 0.1) is 0 Å². The lowest BCUT2D eigenvalue weighted by Crippen LogP contribution is -2.58. The minimum absolute atomic E-state index is 0.204. The molecular formula is C20H32N2O. The number of nitrogens with zero attached hydrogens (tertiary/aromatic N) is 2. The average molecular weight is 316 g/mol. The first-order valence-electron chi connectivity index (χ1n) is 8.96. The molecule has 0 N–H and O–H groups in total. The molecule has 2 heterocycles. The molecule has 0 amide bonds. The molecule has 1 spiro atoms. The van der Waals surface area contributed by atoms with Gasteiger partial charge in [0, 0.05) is 37.8 Å². The molecule has 0 radical (unpaired) electrons. The van der Waals surface area contributed by atoms with Crippen LogP contribution >= 0.6 is 0 Å². The van der Waals surface area contributed by atoms with E-state index in [1.165, 1.54) is 50.3 Å². The maximum absolute atomic E-state index is 9.50. The van der Waals surface area contributed by atoms with Crippen LogP contribution in [0.15, 0.2) is 24.3 Å². The van der Waals surface area contributed by atoms with Crippen LogP contribution in [0, 0.1) is 11.3 Å². The number of likely N-dealkylation sites (tertiary alicyclic amines) is 1. The zero-order chi connectivity index (χ0) is 16.9. The normalized spacial score (nSPS) is 20.0. The molecule has 0 atom stereocenters. The first-order chi connectivity index (χ1) is 11.0. The SMILES string of the molecule is CC(C)C=O.CCc1ccc(N2CCC3(CC2)CN(C)C3)cc1. The molecule has 0 saturated carbocycles. The summed E-state index contributed by atoms with van der Waals surface area (Å²) in [5, 5.41) is 0. The minimum Gasteiger partial charge on any atom is -0.371 e. The van der Waals surface area contributed by atoms with Crippen LogP contribution in [-0.2, 0) is 11.2 Å². The average Bonchev–Trinajstić information content (AvgIpc) is 2.55. The number of benzene rings is 1. The van der Waals surface area contributed by atoms with Gasteiger partial charge in [-0.2, -0.15) is 0 Å². The summed E-state index contributed by atoms with van der Waals surface area (Å²) in [5.41, 5.74) is 3.51. The van der Waals surface area contributed by atoms with Gasteiger partial charge < -0.3 is 14.6 Å². The van der Waals surface area contributed by atoms with E-state index >= 15 is 0 Å². The van der Waals surface area contributed by atoms with Crippen molar-refractivity contribution in [1.82, 2.24) is 4.90 Å². The fourth-order valence-electron chi connectivity index (χ4n) is 3.60. The molecule has 0 unspecified atom stereocenters. The molecule has 2 saturated heterocycles. The summed E-state index contributed by atoms with van der Waals surface area (Å²) in [4.78, 5) is 14.5. The van der Waals surface area contributed by atoms with E-state index in [9.17, 15) is 4.79 Å². The van der Waals surface area contributed by atoms with E-state index in [0.717, 1.165) is 12.7 Å². The Labute approximate surface area is 141 Å². The van der Waals surface area contributed by atoms with Gasteiger partial charge in [-0.3, -0.25) is 0 Å². The number of rotatable bonds is 3. The Morgan fingerprint density at radius 3 is 2.04 bits per heavy atom. The minimum atomic E-state index is 0.204. The van der Waals surface area contributed by atoms with Crippen LogP contribution in [0.4, 0.5) is 5.69 Å². The molecule has 23 heavy (non-hydrogen) atoms. The summed E-state index contributed by atoms with van der Waals surface area (Å²) in [7, 11) is 2.24. The summed E-state index contributed by atoms with van der Waals surface area (Å²) in [6.45, 7) is 11.0. The lowest BCUT2D eigenvalue weighted by Gasteiger charge is -2.53. The first kappa shape index (κ1) is 18.0. The molecule has 0 aromatic heterocycles. The number of anilines is 1. The van der Waals surface area contributed by atoms with E-state index in [2.05, 4.69) is 48.0 Å². The largest absolute Gasteiger partial charge is 0.371 e. The third-order valence-corrected chi connectivity index (χ3v) is 5.02. The quantitative estimate of drug-likeness (QED) is 0.796. The van der Waals surface area contributed by atoms with Crippen molar-refractivity contribution in [1.29, 1.82) is 0 Å². The fourth-order valence-corrected chi connectivity index (χ4v) is 3.60. The van der Waals surface area contributed by atoms with Gasteiger partial charge in [0.25, 0.3) is 0 Å². The number of piperidine rings is 1. The van der Waals surface area contributed by atoms with Crippen LogP contribution in [-0.4, -0.2) is 44.4 Å². The molecule has 2 fully saturated rings. The van der Waals surface area contributed by atoms with Crippen LogP contribution in [0.25, 0.3) is 0 Å². The predicted molar refractivity (Wildman–Crippen MR) is 98.1 cm³/mol. The topological polar surface area (TPSA) is 23.6 Å². The number of aryl methyl sites for hydroxylation is 1. The van der Waals surface area contributed by atoms with Crippen molar-refractivity contribution >= 4 is 12.0 Å². The van der Waals surface area contributed by atoms with Crippen LogP contribution < -0.4 is 4.90 Å². The third kappa shape index (κ3) is 4.81. The molecule has 1 aromatic rings. The molecule has 3 heteroatoms. The predicted octanol–water partition coefficient (Wildman–Crippen LogP) is 3.62. The highest BCUT2D eigenvalue weighted by Crippen LogP contribution is 2.40. The van der Waals surface area contributed by atoms with Crippen LogP contribution in [0.1, 0.15) is 39.2 Å². The van der Waals surface area contributed by atoms with Crippen LogP contribution in [0.5, 0.6) is 0 Å². The van der Waals surface area contributed by atoms with E-state index < -0.39 is 0 Å². The second-order valence-corrected chi connectivity index (χ2v) is 7.56. The Hall–Kier alpha value is -1.35. The maximum Gasteiger partial charge on any atom is 0.122 e. The van der Waals surface area contributed by atoms with E-state index in [4.69, 9.17) is 0 Å². The van der Waals surface area contributed by atoms with Crippen molar-refractivity contribution in [3.05, 3.63) is 29.8 Å². The van der Waals surface area contributed by atoms with Gasteiger partial charge in [-0.05, 0) is 49.4 Å². The van der Waals surface area contributed by atoms with Crippen molar-refractivity contribution in [3.63, 3.8) is 0 Å². The molecule has 3 rings (SSSR count). The molecular weight excluding hydrogens is 284 g/mol. The Balaban J connectivity index is 0.000000338. The molecule has 0 bridgehead atoms. The molecule has 3 nitrogen and oxygen atoms in total. The molecule has 2 aliphatic heterocycles. The summed E-state index contributed by atoms with van der Waals surface area (Å²) in [5.74, 6) is 0.204. The smallest absolute Gasteiger partial charge is 0.122 e. The molecule has 0 aliphatic carbocycles. The molecule has 128 valence electrons. The van der Waals surface area contributed by atoms with Gasteiger partial charge in [0.1, 0.15) is 6.29 Å². The summed E-state index contributed by atoms with van der Waals surface area (Å²) >= 11 is 0. The number of hydrogen-bond acceptors (Lipinski definition) is 3. The number of aldehydes is 1. The highest BCUT2D eigenvalue weighted by molar-refractivity contribution is 5.51. The Kier molecular flexibility index (Phi) is 6.23. The van der Waals surface area contributed by atoms with E-state index in [1.54, 1.807) is 0 Å². The van der Waals surface area contributed by atoms with Gasteiger partial charge in [-0.15, -0.1) is 0 Å². The van der Waals surface area contributed by atoms with E-state index in [-0.39, 0.29) is 5.92 Å². The molecule has 2 aliphatic rings. The number of carbonyl (C=O) groups excluding carboxylic acids is 1. The van der Waals surface area contributed by atoms with Crippen molar-refractivity contribution in [2.45, 2.75) is 40.0 Å². The van der Waals surface area contributed by atoms with Gasteiger partial charge >= 0.3 is 0 Å². The standard InChI is InChI=1S/C16H24N2.C4H8O/c1-3-14-4-6-15(7-5-14)18-10-8-16(9-11-18)12-17(2)13-16;1-4(2)3-5/h4-7H,3,8-13H2,1-2H3;3-4H,1-2H3. The Morgan fingerprint density at radius 1 is 1.13 bits per heavy atom. The Bertz CT molecular complexity index is 479. The second kappa shape index (κ2) is 7.96. The lowest BCUT2D eigenvalue weighted by molar-refractivity contribution is -0.110. The van der Waals surface area contributed by atoms with E-state index in [1.807, 2.05) is 13.8 Å². The van der Waals surface area contributed by atoms with Gasteiger partial charge in [-0.25, -0.2) is 0 Å². The van der Waals surface area contributed by atoms with Gasteiger partial charge in [0.15, 0.2) is 0 Å². The second-order valence-electron chi connectivity index (χ2n) is 7.56. The van der Waals surface area contributed by atoms with Crippen molar-refractivity contribution in [3.8, 4) is 0 Å². The number of hydrogen-bond donors (Lipinski definition) is 0. The summed E-state index contributed by atoms with van der Waals surface area (Å²) < 4.78 is 0. The van der Waals surface area contributed by atoms with Gasteiger partial charge in [-0.1, -0.05) is 32.9 Å². The molecule has 1 aromatic carbocycles. The van der Waals surface area contributed by atoms with Crippen LogP contribution in [0.2, 0.25) is 0 Å². The summed E-state index contributed by atoms with van der Waals surface area (Å²) in [6, 6.07) is 9.14. The van der Waals surface area contributed by atoms with Crippen molar-refractivity contribution in [2.75, 3.05) is 38.1 Å². The number of carbonyl (C=O) groups is 1. The summed E-state index contributed by atoms with van der Waals surface area (Å²) in [6.07, 6.45) is 4.79. The monoisotopic (exact) mass is 316 g/mol. The first-order valence-corrected chi connectivity index (χ1v) is 8.96. The van der Waals surface area contributed by atoms with Crippen molar-refractivity contribution in [2.24, 2.45) is 11.3 Å². The van der Waals surface area contributed by atoms with E-state index in [0.29, 0.717) is 5.41 Å². The third-order valence-electron chi connectivity index (χ3n) is 5.02. The van der Waals surface area contributed by atoms with Crippen molar-refractivity contribution < 1.29 is 4.79 Å². The Morgan fingerprint density at radius 2 is 1.65 bits per heavy atom. The lowest BCUT2D eigenvalue weighted by atomic mass is 9.72. The highest BCUT2D eigenvalue weighted by Gasteiger charge is 2.42. The highest BCUT2D eigenvalue weighted by atomic mass is 16.1. The van der Waals surface area contributed by atoms with Crippen LogP contribution in [0.3, 0.4) is 0 Å². The zero-order valence-corrected chi connectivity index (χ0v) is 15.2. The maximum atomic E-state index is 9.50. The fraction of sp³-hybridized carbons (Fsp3) is 0.650. The zero-order valence-electron chi connectivity index (χ0n) is 15.2. The van der Waals surface area contributed by atoms with Gasteiger partial charge in [0.2, 0.25) is 0 Å².